The average molecular weight is 258 g/mol. The first kappa shape index (κ1) is 22.1. The van der Waals surface area contributed by atoms with Crippen molar-refractivity contribution in [3.8, 4) is 0 Å². The lowest BCUT2D eigenvalue weighted by Gasteiger charge is -2.04. The maximum atomic E-state index is 11.1. The van der Waals surface area contributed by atoms with Gasteiger partial charge in [0.1, 0.15) is 6.61 Å². The zero-order valence-corrected chi connectivity index (χ0v) is 13.1. The first-order chi connectivity index (χ1) is 8.74. The molecular weight excluding hydrogens is 228 g/mol. The van der Waals surface area contributed by atoms with Gasteiger partial charge in [0.05, 0.1) is 13.0 Å². The molecule has 0 aliphatic heterocycles. The third-order valence-corrected chi connectivity index (χ3v) is 1.66. The Balaban J connectivity index is -0.000000506. The molecule has 0 aliphatic rings. The standard InChI is InChI=1S/C11H18O3.2C2H6/c1-4-6-10(5-2)9-14-11(12)7-8-13-3;2*1-2/h4-6H,7-9H2,1-3H3;2*1-2H3/b6-4-,10-5+;;. The van der Waals surface area contributed by atoms with E-state index in [0.717, 1.165) is 5.57 Å². The fourth-order valence-electron chi connectivity index (χ4n) is 0.863. The lowest BCUT2D eigenvalue weighted by atomic mass is 10.2. The predicted molar refractivity (Wildman–Crippen MR) is 78.7 cm³/mol. The van der Waals surface area contributed by atoms with Crippen molar-refractivity contribution in [1.82, 2.24) is 0 Å². The number of ether oxygens (including phenoxy) is 2. The van der Waals surface area contributed by atoms with E-state index in [0.29, 0.717) is 19.6 Å². The summed E-state index contributed by atoms with van der Waals surface area (Å²) in [6, 6.07) is 0. The van der Waals surface area contributed by atoms with Gasteiger partial charge in [0, 0.05) is 7.11 Å². The largest absolute Gasteiger partial charge is 0.461 e. The predicted octanol–water partition coefficient (Wildman–Crippen LogP) is 4.14. The van der Waals surface area contributed by atoms with Crippen LogP contribution in [0.15, 0.2) is 23.8 Å². The maximum absolute atomic E-state index is 11.1. The summed E-state index contributed by atoms with van der Waals surface area (Å²) >= 11 is 0. The van der Waals surface area contributed by atoms with Gasteiger partial charge in [0.2, 0.25) is 0 Å². The number of rotatable bonds is 6. The normalized spacial score (nSPS) is 10.1. The van der Waals surface area contributed by atoms with Gasteiger partial charge in [-0.1, -0.05) is 45.9 Å². The van der Waals surface area contributed by atoms with Crippen LogP contribution in [0.3, 0.4) is 0 Å². The first-order valence-corrected chi connectivity index (χ1v) is 6.67. The highest BCUT2D eigenvalue weighted by molar-refractivity contribution is 5.69. The fraction of sp³-hybridized carbons (Fsp3) is 0.667. The molecule has 108 valence electrons. The van der Waals surface area contributed by atoms with Crippen molar-refractivity contribution in [3.63, 3.8) is 0 Å². The molecule has 0 aliphatic carbocycles. The third kappa shape index (κ3) is 17.3. The Morgan fingerprint density at radius 2 is 1.67 bits per heavy atom. The smallest absolute Gasteiger partial charge is 0.308 e. The molecule has 0 amide bonds. The molecule has 18 heavy (non-hydrogen) atoms. The highest BCUT2D eigenvalue weighted by atomic mass is 16.5. The number of carbonyl (C=O) groups excluding carboxylic acids is 1. The van der Waals surface area contributed by atoms with Gasteiger partial charge in [-0.05, 0) is 19.4 Å². The summed E-state index contributed by atoms with van der Waals surface area (Å²) in [4.78, 5) is 11.1. The van der Waals surface area contributed by atoms with Crippen molar-refractivity contribution >= 4 is 5.97 Å². The van der Waals surface area contributed by atoms with Gasteiger partial charge >= 0.3 is 5.97 Å². The van der Waals surface area contributed by atoms with Crippen molar-refractivity contribution in [1.29, 1.82) is 0 Å². The Kier molecular flexibility index (Phi) is 26.1. The lowest BCUT2D eigenvalue weighted by molar-refractivity contribution is -0.143. The van der Waals surface area contributed by atoms with Crippen molar-refractivity contribution in [3.05, 3.63) is 23.8 Å². The van der Waals surface area contributed by atoms with E-state index in [1.807, 2.05) is 59.8 Å². The third-order valence-electron chi connectivity index (χ3n) is 1.66. The van der Waals surface area contributed by atoms with E-state index in [4.69, 9.17) is 9.47 Å². The van der Waals surface area contributed by atoms with E-state index in [9.17, 15) is 4.79 Å². The second-order valence-corrected chi connectivity index (χ2v) is 2.77. The molecule has 0 heterocycles. The monoisotopic (exact) mass is 258 g/mol. The molecule has 3 nitrogen and oxygen atoms in total. The minimum atomic E-state index is -0.226. The molecule has 0 aromatic carbocycles. The molecule has 0 radical (unpaired) electrons. The highest BCUT2D eigenvalue weighted by Crippen LogP contribution is 1.99. The number of methoxy groups -OCH3 is 1. The summed E-state index contributed by atoms with van der Waals surface area (Å²) in [7, 11) is 1.56. The summed E-state index contributed by atoms with van der Waals surface area (Å²) in [5.74, 6) is -0.226. The van der Waals surface area contributed by atoms with E-state index >= 15 is 0 Å². The zero-order chi connectivity index (χ0) is 14.8. The van der Waals surface area contributed by atoms with Gasteiger partial charge in [-0.2, -0.15) is 0 Å². The average Bonchev–Trinajstić information content (AvgIpc) is 2.45. The molecule has 0 spiro atoms. The molecule has 0 aromatic rings. The van der Waals surface area contributed by atoms with Crippen molar-refractivity contribution in [2.45, 2.75) is 48.0 Å². The molecule has 0 atom stereocenters. The van der Waals surface area contributed by atoms with E-state index in [-0.39, 0.29) is 5.97 Å². The summed E-state index contributed by atoms with van der Waals surface area (Å²) in [6.07, 6.45) is 6.06. The van der Waals surface area contributed by atoms with Gasteiger partial charge in [0.15, 0.2) is 0 Å². The van der Waals surface area contributed by atoms with Crippen LogP contribution in [0.1, 0.15) is 48.0 Å². The SMILES string of the molecule is C/C=C\C(=C/C)COC(=O)CCOC.CC.CC. The van der Waals surface area contributed by atoms with Crippen LogP contribution in [0, 0.1) is 0 Å². The van der Waals surface area contributed by atoms with Crippen molar-refractivity contribution in [2.24, 2.45) is 0 Å². The molecule has 0 aromatic heterocycles. The Hall–Kier alpha value is -1.09. The summed E-state index contributed by atoms with van der Waals surface area (Å²) in [5.41, 5.74) is 0.998. The molecule has 0 N–H and O–H groups in total. The zero-order valence-electron chi connectivity index (χ0n) is 13.1. The van der Waals surface area contributed by atoms with Crippen LogP contribution in [-0.4, -0.2) is 26.3 Å². The number of hydrogen-bond donors (Lipinski definition) is 0. The first-order valence-electron chi connectivity index (χ1n) is 6.67. The summed E-state index contributed by atoms with van der Waals surface area (Å²) in [5, 5.41) is 0. The number of carbonyl (C=O) groups is 1. The molecule has 0 unspecified atom stereocenters. The van der Waals surface area contributed by atoms with Gasteiger partial charge in [-0.15, -0.1) is 0 Å². The highest BCUT2D eigenvalue weighted by Gasteiger charge is 2.02. The number of allylic oxidation sites excluding steroid dienone is 2. The number of esters is 1. The Morgan fingerprint density at radius 1 is 1.11 bits per heavy atom. The Bertz CT molecular complexity index is 218. The van der Waals surface area contributed by atoms with Gasteiger partial charge in [-0.3, -0.25) is 4.79 Å². The molecule has 0 saturated carbocycles. The quantitative estimate of drug-likeness (QED) is 0.530. The Labute approximate surface area is 113 Å². The summed E-state index contributed by atoms with van der Waals surface area (Å²) in [6.45, 7) is 12.6. The van der Waals surface area contributed by atoms with Crippen LogP contribution < -0.4 is 0 Å². The van der Waals surface area contributed by atoms with E-state index in [2.05, 4.69) is 0 Å². The molecule has 0 bridgehead atoms. The minimum absolute atomic E-state index is 0.226. The molecule has 0 fully saturated rings. The van der Waals surface area contributed by atoms with Gasteiger partial charge in [0.25, 0.3) is 0 Å². The van der Waals surface area contributed by atoms with Gasteiger partial charge < -0.3 is 9.47 Å². The summed E-state index contributed by atoms with van der Waals surface area (Å²) < 4.78 is 9.77. The van der Waals surface area contributed by atoms with Crippen molar-refractivity contribution in [2.75, 3.05) is 20.3 Å². The molecular formula is C15H30O3. The maximum Gasteiger partial charge on any atom is 0.308 e. The molecule has 3 heteroatoms. The lowest BCUT2D eigenvalue weighted by Crippen LogP contribution is -2.09. The molecule has 0 saturated heterocycles. The van der Waals surface area contributed by atoms with Crippen LogP contribution in [0.5, 0.6) is 0 Å². The number of hydrogen-bond acceptors (Lipinski definition) is 3. The Morgan fingerprint density at radius 3 is 2.06 bits per heavy atom. The van der Waals surface area contributed by atoms with Crippen molar-refractivity contribution < 1.29 is 14.3 Å². The van der Waals surface area contributed by atoms with Crippen LogP contribution in [0.4, 0.5) is 0 Å². The van der Waals surface area contributed by atoms with E-state index < -0.39 is 0 Å². The van der Waals surface area contributed by atoms with E-state index in [1.54, 1.807) is 7.11 Å². The van der Waals surface area contributed by atoms with Gasteiger partial charge in [-0.25, -0.2) is 0 Å². The minimum Gasteiger partial charge on any atom is -0.461 e. The fourth-order valence-corrected chi connectivity index (χ4v) is 0.863. The van der Waals surface area contributed by atoms with E-state index in [1.165, 1.54) is 0 Å². The van der Waals surface area contributed by atoms with Crippen LogP contribution in [-0.2, 0) is 14.3 Å². The van der Waals surface area contributed by atoms with Crippen LogP contribution in [0.25, 0.3) is 0 Å². The van der Waals surface area contributed by atoms with Crippen LogP contribution >= 0.6 is 0 Å². The second-order valence-electron chi connectivity index (χ2n) is 2.77. The molecule has 0 rings (SSSR count). The second kappa shape index (κ2) is 21.2. The topological polar surface area (TPSA) is 35.5 Å². The van der Waals surface area contributed by atoms with Crippen LogP contribution in [0.2, 0.25) is 0 Å².